The van der Waals surface area contributed by atoms with E-state index in [1.54, 1.807) is 0 Å². The molecule has 7 heteroatoms. The van der Waals surface area contributed by atoms with Crippen molar-refractivity contribution < 1.29 is 19.1 Å². The van der Waals surface area contributed by atoms with Crippen molar-refractivity contribution in [3.05, 3.63) is 22.4 Å². The number of urea groups is 1. The lowest BCUT2D eigenvalue weighted by atomic mass is 10.2. The van der Waals surface area contributed by atoms with Crippen LogP contribution < -0.4 is 10.6 Å². The Balaban J connectivity index is 1.62. The monoisotopic (exact) mass is 282 g/mol. The number of ether oxygens (including phenoxy) is 1. The second kappa shape index (κ2) is 6.33. The normalized spacial score (nSPS) is 13.7. The number of imide groups is 1. The number of hydrogen-bond donors (Lipinski definition) is 2. The number of carbonyl (C=O) groups is 3. The molecular formula is C12H14N2O4S. The Morgan fingerprint density at radius 1 is 1.37 bits per heavy atom. The molecule has 1 saturated carbocycles. The van der Waals surface area contributed by atoms with Crippen LogP contribution in [0.1, 0.15) is 18.4 Å². The van der Waals surface area contributed by atoms with Crippen LogP contribution in [0, 0.1) is 0 Å². The number of hydrogen-bond acceptors (Lipinski definition) is 5. The Kier molecular flexibility index (Phi) is 4.51. The van der Waals surface area contributed by atoms with E-state index in [2.05, 4.69) is 10.6 Å². The molecule has 102 valence electrons. The third-order valence-electron chi connectivity index (χ3n) is 2.46. The molecule has 0 spiro atoms. The van der Waals surface area contributed by atoms with Gasteiger partial charge in [-0.15, -0.1) is 0 Å². The van der Waals surface area contributed by atoms with E-state index in [0.717, 1.165) is 18.4 Å². The van der Waals surface area contributed by atoms with E-state index in [1.165, 1.54) is 11.3 Å². The van der Waals surface area contributed by atoms with Crippen LogP contribution in [-0.4, -0.2) is 30.6 Å². The standard InChI is InChI=1S/C12H14N2O4S/c15-10(14-12(17)13-9-1-2-9)6-18-11(16)5-8-3-4-19-7-8/h3-4,7,9H,1-2,5-6H2,(H2,13,14,15,17). The van der Waals surface area contributed by atoms with Gasteiger partial charge < -0.3 is 10.1 Å². The number of carbonyl (C=O) groups excluding carboxylic acids is 3. The van der Waals surface area contributed by atoms with Gasteiger partial charge in [0.25, 0.3) is 5.91 Å². The van der Waals surface area contributed by atoms with Gasteiger partial charge in [0.1, 0.15) is 0 Å². The van der Waals surface area contributed by atoms with E-state index in [-0.39, 0.29) is 12.5 Å². The lowest BCUT2D eigenvalue weighted by Crippen LogP contribution is -2.42. The molecule has 1 fully saturated rings. The zero-order valence-corrected chi connectivity index (χ0v) is 11.0. The fourth-order valence-corrected chi connectivity index (χ4v) is 2.04. The van der Waals surface area contributed by atoms with E-state index in [9.17, 15) is 14.4 Å². The van der Waals surface area contributed by atoms with Crippen molar-refractivity contribution in [3.63, 3.8) is 0 Å². The summed E-state index contributed by atoms with van der Waals surface area (Å²) in [7, 11) is 0. The van der Waals surface area contributed by atoms with Gasteiger partial charge in [-0.2, -0.15) is 11.3 Å². The van der Waals surface area contributed by atoms with Gasteiger partial charge in [-0.3, -0.25) is 14.9 Å². The first-order valence-corrected chi connectivity index (χ1v) is 6.85. The lowest BCUT2D eigenvalue weighted by Gasteiger charge is -2.06. The van der Waals surface area contributed by atoms with Crippen molar-refractivity contribution >= 4 is 29.2 Å². The molecule has 2 rings (SSSR count). The fourth-order valence-electron chi connectivity index (χ4n) is 1.37. The first-order chi connectivity index (χ1) is 9.13. The second-order valence-corrected chi connectivity index (χ2v) is 5.05. The first kappa shape index (κ1) is 13.5. The van der Waals surface area contributed by atoms with Crippen molar-refractivity contribution in [2.24, 2.45) is 0 Å². The average molecular weight is 282 g/mol. The summed E-state index contributed by atoms with van der Waals surface area (Å²) in [5.74, 6) is -1.12. The Morgan fingerprint density at radius 3 is 2.79 bits per heavy atom. The summed E-state index contributed by atoms with van der Waals surface area (Å²) in [6, 6.07) is 1.45. The van der Waals surface area contributed by atoms with Gasteiger partial charge >= 0.3 is 12.0 Å². The third-order valence-corrected chi connectivity index (χ3v) is 3.19. The van der Waals surface area contributed by atoms with Gasteiger partial charge in [0.2, 0.25) is 0 Å². The number of esters is 1. The molecule has 0 atom stereocenters. The Hall–Kier alpha value is -1.89. The molecule has 1 aromatic rings. The maximum atomic E-state index is 11.4. The molecule has 3 amide bonds. The Morgan fingerprint density at radius 2 is 2.16 bits per heavy atom. The van der Waals surface area contributed by atoms with Crippen LogP contribution in [-0.2, 0) is 20.7 Å². The van der Waals surface area contributed by atoms with E-state index in [0.29, 0.717) is 0 Å². The molecule has 1 aliphatic carbocycles. The summed E-state index contributed by atoms with van der Waals surface area (Å²) < 4.78 is 4.77. The molecule has 1 aliphatic rings. The zero-order valence-electron chi connectivity index (χ0n) is 10.2. The zero-order chi connectivity index (χ0) is 13.7. The largest absolute Gasteiger partial charge is 0.455 e. The van der Waals surface area contributed by atoms with Crippen LogP contribution in [0.3, 0.4) is 0 Å². The number of rotatable bonds is 5. The highest BCUT2D eigenvalue weighted by Gasteiger charge is 2.24. The number of amides is 3. The molecule has 2 N–H and O–H groups in total. The molecule has 1 heterocycles. The van der Waals surface area contributed by atoms with Gasteiger partial charge in [-0.1, -0.05) is 0 Å². The predicted molar refractivity (Wildman–Crippen MR) is 68.7 cm³/mol. The van der Waals surface area contributed by atoms with Gasteiger partial charge in [-0.25, -0.2) is 4.79 Å². The molecule has 6 nitrogen and oxygen atoms in total. The van der Waals surface area contributed by atoms with Crippen LogP contribution >= 0.6 is 11.3 Å². The lowest BCUT2D eigenvalue weighted by molar-refractivity contribution is -0.147. The Labute approximate surface area is 114 Å². The third kappa shape index (κ3) is 5.09. The summed E-state index contributed by atoms with van der Waals surface area (Å²) in [5.41, 5.74) is 0.849. The topological polar surface area (TPSA) is 84.5 Å². The first-order valence-electron chi connectivity index (χ1n) is 5.90. The minimum atomic E-state index is -0.628. The summed E-state index contributed by atoms with van der Waals surface area (Å²) in [6.45, 7) is -0.443. The minimum Gasteiger partial charge on any atom is -0.455 e. The van der Waals surface area contributed by atoms with Crippen LogP contribution in [0.4, 0.5) is 4.79 Å². The van der Waals surface area contributed by atoms with Crippen molar-refractivity contribution in [1.29, 1.82) is 0 Å². The maximum Gasteiger partial charge on any atom is 0.321 e. The molecule has 0 bridgehead atoms. The fraction of sp³-hybridized carbons (Fsp3) is 0.417. The molecule has 0 saturated heterocycles. The van der Waals surface area contributed by atoms with E-state index < -0.39 is 24.5 Å². The van der Waals surface area contributed by atoms with Crippen molar-refractivity contribution in [3.8, 4) is 0 Å². The van der Waals surface area contributed by atoms with Gasteiger partial charge in [0.15, 0.2) is 6.61 Å². The highest BCUT2D eigenvalue weighted by molar-refractivity contribution is 7.07. The highest BCUT2D eigenvalue weighted by atomic mass is 32.1. The molecule has 19 heavy (non-hydrogen) atoms. The van der Waals surface area contributed by atoms with E-state index >= 15 is 0 Å². The van der Waals surface area contributed by atoms with Gasteiger partial charge in [-0.05, 0) is 35.2 Å². The highest BCUT2D eigenvalue weighted by Crippen LogP contribution is 2.18. The molecule has 0 aromatic carbocycles. The van der Waals surface area contributed by atoms with Gasteiger partial charge in [0, 0.05) is 6.04 Å². The van der Waals surface area contributed by atoms with Crippen LogP contribution in [0.15, 0.2) is 16.8 Å². The van der Waals surface area contributed by atoms with Crippen LogP contribution in [0.5, 0.6) is 0 Å². The molecular weight excluding hydrogens is 268 g/mol. The quantitative estimate of drug-likeness (QED) is 0.783. The van der Waals surface area contributed by atoms with Crippen molar-refractivity contribution in [2.45, 2.75) is 25.3 Å². The SMILES string of the molecule is O=C(COC(=O)Cc1ccsc1)NC(=O)NC1CC1. The minimum absolute atomic E-state index is 0.130. The molecule has 0 unspecified atom stereocenters. The van der Waals surface area contributed by atoms with Gasteiger partial charge in [0.05, 0.1) is 6.42 Å². The molecule has 1 aromatic heterocycles. The summed E-state index contributed by atoms with van der Waals surface area (Å²) in [5, 5.41) is 8.40. The van der Waals surface area contributed by atoms with Crippen LogP contribution in [0.25, 0.3) is 0 Å². The van der Waals surface area contributed by atoms with E-state index in [1.807, 2.05) is 16.8 Å². The second-order valence-electron chi connectivity index (χ2n) is 4.26. The smallest absolute Gasteiger partial charge is 0.321 e. The number of thiophene rings is 1. The summed E-state index contributed by atoms with van der Waals surface area (Å²) in [6.07, 6.45) is 2.01. The summed E-state index contributed by atoms with van der Waals surface area (Å²) >= 11 is 1.49. The Bertz CT molecular complexity index is 468. The molecule has 0 aliphatic heterocycles. The van der Waals surface area contributed by atoms with Crippen molar-refractivity contribution in [2.75, 3.05) is 6.61 Å². The molecule has 0 radical (unpaired) electrons. The predicted octanol–water partition coefficient (Wildman–Crippen LogP) is 0.822. The van der Waals surface area contributed by atoms with Crippen molar-refractivity contribution in [1.82, 2.24) is 10.6 Å². The summed E-state index contributed by atoms with van der Waals surface area (Å²) in [4.78, 5) is 33.9. The average Bonchev–Trinajstić information content (AvgIpc) is 3.01. The maximum absolute atomic E-state index is 11.4. The number of nitrogens with one attached hydrogen (secondary N) is 2. The van der Waals surface area contributed by atoms with Crippen LogP contribution in [0.2, 0.25) is 0 Å². The van der Waals surface area contributed by atoms with E-state index in [4.69, 9.17) is 4.74 Å².